The van der Waals surface area contributed by atoms with Gasteiger partial charge in [0, 0.05) is 13.7 Å². The van der Waals surface area contributed by atoms with Crippen molar-refractivity contribution in [2.45, 2.75) is 18.9 Å². The molecule has 0 aromatic heterocycles. The van der Waals surface area contributed by atoms with Gasteiger partial charge in [-0.3, -0.25) is 4.79 Å². The van der Waals surface area contributed by atoms with Crippen molar-refractivity contribution in [1.29, 1.82) is 0 Å². The summed E-state index contributed by atoms with van der Waals surface area (Å²) in [6.45, 7) is 0.743. The molecule has 0 saturated carbocycles. The summed E-state index contributed by atoms with van der Waals surface area (Å²) in [5.74, 6) is -0.0315. The summed E-state index contributed by atoms with van der Waals surface area (Å²) in [4.78, 5) is 12.0. The van der Waals surface area contributed by atoms with Gasteiger partial charge in [-0.25, -0.2) is 0 Å². The Labute approximate surface area is 124 Å². The molecule has 112 valence electrons. The molecule has 0 heterocycles. The average molecular weight is 287 g/mol. The van der Waals surface area contributed by atoms with E-state index in [0.29, 0.717) is 26.0 Å². The second-order valence-corrected chi connectivity index (χ2v) is 5.06. The smallest absolute Gasteiger partial charge is 0.224 e. The number of rotatable bonds is 7. The quantitative estimate of drug-likeness (QED) is 0.817. The number of fused-ring (bicyclic) bond motifs is 1. The first-order chi connectivity index (χ1) is 10.2. The van der Waals surface area contributed by atoms with Gasteiger partial charge in [-0.2, -0.15) is 0 Å². The summed E-state index contributed by atoms with van der Waals surface area (Å²) in [7, 11) is 1.54. The second kappa shape index (κ2) is 7.76. The Morgan fingerprint density at radius 1 is 1.24 bits per heavy atom. The monoisotopic (exact) mass is 287 g/mol. The van der Waals surface area contributed by atoms with Gasteiger partial charge in [0.25, 0.3) is 0 Å². The number of ether oxygens (including phenoxy) is 1. The third kappa shape index (κ3) is 4.55. The zero-order valence-electron chi connectivity index (χ0n) is 12.2. The number of hydrogen-bond acceptors (Lipinski definition) is 3. The lowest BCUT2D eigenvalue weighted by molar-refractivity contribution is -0.120. The van der Waals surface area contributed by atoms with Crippen LogP contribution < -0.4 is 5.32 Å². The lowest BCUT2D eigenvalue weighted by Gasteiger charge is -2.11. The Morgan fingerprint density at radius 2 is 2.00 bits per heavy atom. The predicted octanol–water partition coefficient (Wildman–Crippen LogP) is 1.90. The van der Waals surface area contributed by atoms with Gasteiger partial charge in [0.1, 0.15) is 0 Å². The Hall–Kier alpha value is -1.91. The maximum atomic E-state index is 12.0. The van der Waals surface area contributed by atoms with E-state index in [-0.39, 0.29) is 5.91 Å². The minimum atomic E-state index is -0.534. The number of aliphatic hydroxyl groups excluding tert-OH is 1. The van der Waals surface area contributed by atoms with Gasteiger partial charge in [0.05, 0.1) is 19.1 Å². The van der Waals surface area contributed by atoms with E-state index >= 15 is 0 Å². The molecule has 0 aliphatic heterocycles. The molecule has 0 saturated heterocycles. The molecule has 0 aliphatic rings. The number of nitrogens with one attached hydrogen (secondary N) is 1. The summed E-state index contributed by atoms with van der Waals surface area (Å²) in [5, 5.41) is 14.6. The van der Waals surface area contributed by atoms with Crippen molar-refractivity contribution in [3.8, 4) is 0 Å². The van der Waals surface area contributed by atoms with Crippen LogP contribution in [-0.4, -0.2) is 37.4 Å². The molecular formula is C17H21NO3. The molecule has 0 aliphatic carbocycles. The summed E-state index contributed by atoms with van der Waals surface area (Å²) < 4.78 is 4.84. The van der Waals surface area contributed by atoms with Crippen LogP contribution in [0.1, 0.15) is 12.0 Å². The Balaban J connectivity index is 1.90. The van der Waals surface area contributed by atoms with E-state index in [1.807, 2.05) is 42.5 Å². The molecule has 2 aromatic rings. The molecule has 4 heteroatoms. The van der Waals surface area contributed by atoms with Crippen molar-refractivity contribution in [1.82, 2.24) is 5.32 Å². The van der Waals surface area contributed by atoms with Gasteiger partial charge >= 0.3 is 0 Å². The van der Waals surface area contributed by atoms with E-state index in [1.165, 1.54) is 0 Å². The molecule has 0 bridgehead atoms. The van der Waals surface area contributed by atoms with Crippen LogP contribution >= 0.6 is 0 Å². The average Bonchev–Trinajstić information content (AvgIpc) is 2.48. The van der Waals surface area contributed by atoms with Gasteiger partial charge in [-0.15, -0.1) is 0 Å². The summed E-state index contributed by atoms with van der Waals surface area (Å²) in [5.41, 5.74) is 1.02. The maximum Gasteiger partial charge on any atom is 0.224 e. The minimum Gasteiger partial charge on any atom is -0.391 e. The largest absolute Gasteiger partial charge is 0.391 e. The standard InChI is InChI=1S/C17H21NO3/c1-21-12-15(19)9-10-18-17(20)11-14-7-4-6-13-5-2-3-8-16(13)14/h2-8,15,19H,9-12H2,1H3,(H,18,20). The van der Waals surface area contributed by atoms with Crippen LogP contribution in [0.4, 0.5) is 0 Å². The number of benzene rings is 2. The second-order valence-electron chi connectivity index (χ2n) is 5.06. The zero-order valence-corrected chi connectivity index (χ0v) is 12.2. The highest BCUT2D eigenvalue weighted by atomic mass is 16.5. The molecule has 1 amide bonds. The maximum absolute atomic E-state index is 12.0. The number of amides is 1. The fraction of sp³-hybridized carbons (Fsp3) is 0.353. The first-order valence-corrected chi connectivity index (χ1v) is 7.11. The zero-order chi connectivity index (χ0) is 15.1. The SMILES string of the molecule is COCC(O)CCNC(=O)Cc1cccc2ccccc12. The molecule has 2 aromatic carbocycles. The molecule has 0 fully saturated rings. The van der Waals surface area contributed by atoms with Crippen molar-refractivity contribution in [3.63, 3.8) is 0 Å². The Kier molecular flexibility index (Phi) is 5.72. The van der Waals surface area contributed by atoms with Gasteiger partial charge in [0.2, 0.25) is 5.91 Å². The Morgan fingerprint density at radius 3 is 2.81 bits per heavy atom. The minimum absolute atomic E-state index is 0.0315. The molecule has 2 N–H and O–H groups in total. The molecule has 21 heavy (non-hydrogen) atoms. The van der Waals surface area contributed by atoms with Crippen LogP contribution in [0.15, 0.2) is 42.5 Å². The van der Waals surface area contributed by atoms with Gasteiger partial charge in [-0.1, -0.05) is 42.5 Å². The summed E-state index contributed by atoms with van der Waals surface area (Å²) in [6.07, 6.45) is 0.310. The van der Waals surface area contributed by atoms with Crippen LogP contribution in [0, 0.1) is 0 Å². The fourth-order valence-electron chi connectivity index (χ4n) is 2.34. The van der Waals surface area contributed by atoms with E-state index in [2.05, 4.69) is 5.32 Å². The number of methoxy groups -OCH3 is 1. The molecule has 2 rings (SSSR count). The van der Waals surface area contributed by atoms with Crippen LogP contribution in [0.25, 0.3) is 10.8 Å². The van der Waals surface area contributed by atoms with Gasteiger partial charge < -0.3 is 15.2 Å². The lowest BCUT2D eigenvalue weighted by atomic mass is 10.0. The number of hydrogen-bond donors (Lipinski definition) is 2. The van der Waals surface area contributed by atoms with Crippen LogP contribution in [0.3, 0.4) is 0 Å². The first kappa shape index (κ1) is 15.5. The van der Waals surface area contributed by atoms with Crippen LogP contribution in [0.2, 0.25) is 0 Å². The summed E-state index contributed by atoms with van der Waals surface area (Å²) in [6, 6.07) is 14.0. The third-order valence-corrected chi connectivity index (χ3v) is 3.39. The van der Waals surface area contributed by atoms with Gasteiger partial charge in [0.15, 0.2) is 0 Å². The van der Waals surface area contributed by atoms with E-state index < -0.39 is 6.10 Å². The van der Waals surface area contributed by atoms with Crippen molar-refractivity contribution in [2.24, 2.45) is 0 Å². The molecule has 4 nitrogen and oxygen atoms in total. The highest BCUT2D eigenvalue weighted by molar-refractivity contribution is 5.90. The van der Waals surface area contributed by atoms with Crippen LogP contribution in [-0.2, 0) is 16.0 Å². The van der Waals surface area contributed by atoms with Crippen molar-refractivity contribution in [2.75, 3.05) is 20.3 Å². The molecular weight excluding hydrogens is 266 g/mol. The van der Waals surface area contributed by atoms with E-state index in [4.69, 9.17) is 4.74 Å². The highest BCUT2D eigenvalue weighted by Crippen LogP contribution is 2.18. The molecule has 1 unspecified atom stereocenters. The molecule has 0 radical (unpaired) electrons. The van der Waals surface area contributed by atoms with E-state index in [0.717, 1.165) is 16.3 Å². The van der Waals surface area contributed by atoms with E-state index in [1.54, 1.807) is 7.11 Å². The Bertz CT molecular complexity index is 592. The van der Waals surface area contributed by atoms with Gasteiger partial charge in [-0.05, 0) is 22.8 Å². The lowest BCUT2D eigenvalue weighted by Crippen LogP contribution is -2.29. The van der Waals surface area contributed by atoms with Crippen molar-refractivity contribution >= 4 is 16.7 Å². The summed E-state index contributed by atoms with van der Waals surface area (Å²) >= 11 is 0. The predicted molar refractivity (Wildman–Crippen MR) is 83.2 cm³/mol. The van der Waals surface area contributed by atoms with Crippen molar-refractivity contribution in [3.05, 3.63) is 48.0 Å². The number of aliphatic hydroxyl groups is 1. The highest BCUT2D eigenvalue weighted by Gasteiger charge is 2.08. The topological polar surface area (TPSA) is 58.6 Å². The fourth-order valence-corrected chi connectivity index (χ4v) is 2.34. The normalized spacial score (nSPS) is 12.3. The number of carbonyl (C=O) groups excluding carboxylic acids is 1. The van der Waals surface area contributed by atoms with Crippen molar-refractivity contribution < 1.29 is 14.6 Å². The third-order valence-electron chi connectivity index (χ3n) is 3.39. The van der Waals surface area contributed by atoms with Crippen LogP contribution in [0.5, 0.6) is 0 Å². The molecule has 0 spiro atoms. The number of carbonyl (C=O) groups is 1. The molecule has 1 atom stereocenters. The first-order valence-electron chi connectivity index (χ1n) is 7.11. The van der Waals surface area contributed by atoms with E-state index in [9.17, 15) is 9.90 Å².